The third-order valence-corrected chi connectivity index (χ3v) is 11.8. The smallest absolute Gasteiger partial charge is 0.462 e. The van der Waals surface area contributed by atoms with Gasteiger partial charge in [-0.3, -0.25) is 37.3 Å². The molecule has 5 atom stereocenters. The third-order valence-electron chi connectivity index (χ3n) is 9.91. The number of ether oxygens (including phenoxy) is 4. The number of esters is 4. The van der Waals surface area contributed by atoms with Gasteiger partial charge in [-0.2, -0.15) is 0 Å². The summed E-state index contributed by atoms with van der Waals surface area (Å²) >= 11 is 0. The molecule has 0 aliphatic heterocycles. The van der Waals surface area contributed by atoms with Crippen molar-refractivity contribution >= 4 is 39.5 Å². The third kappa shape index (κ3) is 40.1. The van der Waals surface area contributed by atoms with Crippen molar-refractivity contribution in [2.75, 3.05) is 39.6 Å². The standard InChI is InChI=1S/C44H84O17P2/c1-5-9-12-14-15-16-17-18-19-20-21-22-23-25-28-31-44(49)61-40(35-55-43(48)30-27-24-13-10-6-2)37-59-63(52,53)57-33-38(45)32-56-62(50,51)58-36-39(60-41(46)8-4)34-54-42(47)29-26-11-7-3/h38-40,45H,5-37H2,1-4H3,(H,50,51)(H,52,53)/t38-,39+,40+/m0/s1. The molecule has 17 nitrogen and oxygen atoms in total. The summed E-state index contributed by atoms with van der Waals surface area (Å²) in [4.78, 5) is 69.3. The lowest BCUT2D eigenvalue weighted by Gasteiger charge is -2.21. The van der Waals surface area contributed by atoms with Gasteiger partial charge in [0, 0.05) is 25.7 Å². The van der Waals surface area contributed by atoms with Crippen LogP contribution in [0.15, 0.2) is 0 Å². The van der Waals surface area contributed by atoms with Crippen LogP contribution in [0.5, 0.6) is 0 Å². The largest absolute Gasteiger partial charge is 0.472 e. The van der Waals surface area contributed by atoms with Gasteiger partial charge < -0.3 is 33.8 Å². The topological polar surface area (TPSA) is 237 Å². The number of aliphatic hydroxyl groups excluding tert-OH is 1. The summed E-state index contributed by atoms with van der Waals surface area (Å²) in [5.74, 6) is -2.29. The quantitative estimate of drug-likeness (QED) is 0.0223. The lowest BCUT2D eigenvalue weighted by Crippen LogP contribution is -2.30. The van der Waals surface area contributed by atoms with Crippen LogP contribution in [-0.4, -0.2) is 96.7 Å². The first-order chi connectivity index (χ1) is 30.2. The second-order valence-electron chi connectivity index (χ2n) is 16.0. The van der Waals surface area contributed by atoms with Crippen LogP contribution in [0.1, 0.15) is 201 Å². The van der Waals surface area contributed by atoms with Gasteiger partial charge in [-0.05, 0) is 19.3 Å². The van der Waals surface area contributed by atoms with E-state index in [1.807, 2.05) is 6.92 Å². The maximum Gasteiger partial charge on any atom is 0.472 e. The minimum Gasteiger partial charge on any atom is -0.462 e. The minimum absolute atomic E-state index is 0.0169. The van der Waals surface area contributed by atoms with E-state index < -0.39 is 97.5 Å². The number of phosphoric ester groups is 2. The first kappa shape index (κ1) is 61.1. The van der Waals surface area contributed by atoms with Gasteiger partial charge in [0.15, 0.2) is 12.2 Å². The molecule has 0 rings (SSSR count). The predicted molar refractivity (Wildman–Crippen MR) is 238 cm³/mol. The molecule has 0 bridgehead atoms. The van der Waals surface area contributed by atoms with Crippen molar-refractivity contribution in [2.24, 2.45) is 0 Å². The number of rotatable bonds is 45. The molecule has 0 fully saturated rings. The van der Waals surface area contributed by atoms with Crippen molar-refractivity contribution in [3.63, 3.8) is 0 Å². The Labute approximate surface area is 377 Å². The van der Waals surface area contributed by atoms with E-state index in [1.165, 1.54) is 71.1 Å². The van der Waals surface area contributed by atoms with Gasteiger partial charge in [-0.25, -0.2) is 9.13 Å². The van der Waals surface area contributed by atoms with Crippen LogP contribution >= 0.6 is 15.6 Å². The molecule has 0 aliphatic carbocycles. The predicted octanol–water partition coefficient (Wildman–Crippen LogP) is 10.1. The van der Waals surface area contributed by atoms with Gasteiger partial charge in [0.25, 0.3) is 0 Å². The van der Waals surface area contributed by atoms with Crippen LogP contribution < -0.4 is 0 Å². The van der Waals surface area contributed by atoms with Crippen molar-refractivity contribution in [3.8, 4) is 0 Å². The van der Waals surface area contributed by atoms with E-state index in [9.17, 15) is 43.2 Å². The highest BCUT2D eigenvalue weighted by molar-refractivity contribution is 7.47. The highest BCUT2D eigenvalue weighted by Crippen LogP contribution is 2.45. The average Bonchev–Trinajstić information content (AvgIpc) is 3.25. The van der Waals surface area contributed by atoms with Crippen molar-refractivity contribution in [2.45, 2.75) is 219 Å². The van der Waals surface area contributed by atoms with Crippen LogP contribution in [-0.2, 0) is 65.4 Å². The Morgan fingerprint density at radius 1 is 0.397 bits per heavy atom. The fraction of sp³-hybridized carbons (Fsp3) is 0.909. The number of hydrogen-bond donors (Lipinski definition) is 3. The van der Waals surface area contributed by atoms with Crippen LogP contribution in [0.3, 0.4) is 0 Å². The minimum atomic E-state index is -4.91. The zero-order valence-electron chi connectivity index (χ0n) is 39.0. The molecule has 0 radical (unpaired) electrons. The number of carbonyl (C=O) groups excluding carboxylic acids is 4. The number of unbranched alkanes of at least 4 members (excludes halogenated alkanes) is 20. The van der Waals surface area contributed by atoms with E-state index in [2.05, 4.69) is 13.8 Å². The Hall–Kier alpha value is -1.94. The molecule has 0 spiro atoms. The van der Waals surface area contributed by atoms with Crippen LogP contribution in [0.25, 0.3) is 0 Å². The summed E-state index contributed by atoms with van der Waals surface area (Å²) in [6, 6.07) is 0. The molecule has 0 saturated carbocycles. The Morgan fingerprint density at radius 3 is 1.05 bits per heavy atom. The molecular formula is C44H84O17P2. The molecule has 19 heteroatoms. The zero-order chi connectivity index (χ0) is 47.0. The summed E-state index contributed by atoms with van der Waals surface area (Å²) in [6.07, 6.45) is 20.9. The van der Waals surface area contributed by atoms with Crippen molar-refractivity contribution < 1.29 is 80.2 Å². The van der Waals surface area contributed by atoms with Gasteiger partial charge >= 0.3 is 39.5 Å². The summed E-state index contributed by atoms with van der Waals surface area (Å²) in [6.45, 7) is 3.83. The monoisotopic (exact) mass is 947 g/mol. The molecule has 0 aromatic rings. The van der Waals surface area contributed by atoms with E-state index in [1.54, 1.807) is 0 Å². The zero-order valence-corrected chi connectivity index (χ0v) is 40.8. The first-order valence-electron chi connectivity index (χ1n) is 23.8. The molecule has 63 heavy (non-hydrogen) atoms. The lowest BCUT2D eigenvalue weighted by atomic mass is 10.0. The lowest BCUT2D eigenvalue weighted by molar-refractivity contribution is -0.161. The summed E-state index contributed by atoms with van der Waals surface area (Å²) in [5, 5.41) is 10.2. The fourth-order valence-corrected chi connectivity index (χ4v) is 7.71. The Morgan fingerprint density at radius 2 is 0.683 bits per heavy atom. The number of hydrogen-bond acceptors (Lipinski definition) is 15. The van der Waals surface area contributed by atoms with E-state index in [4.69, 9.17) is 37.0 Å². The summed E-state index contributed by atoms with van der Waals surface area (Å²) in [5.41, 5.74) is 0. The fourth-order valence-electron chi connectivity index (χ4n) is 6.13. The average molecular weight is 947 g/mol. The summed E-state index contributed by atoms with van der Waals surface area (Å²) < 4.78 is 65.6. The number of phosphoric acid groups is 2. The molecule has 2 unspecified atom stereocenters. The molecule has 0 amide bonds. The number of carbonyl (C=O) groups is 4. The van der Waals surface area contributed by atoms with Gasteiger partial charge in [0.1, 0.15) is 19.3 Å². The van der Waals surface area contributed by atoms with Gasteiger partial charge in [0.2, 0.25) is 0 Å². The normalized spacial score (nSPS) is 14.8. The second kappa shape index (κ2) is 40.3. The molecule has 372 valence electrons. The van der Waals surface area contributed by atoms with Gasteiger partial charge in [0.05, 0.1) is 26.4 Å². The highest BCUT2D eigenvalue weighted by atomic mass is 31.2. The molecule has 0 saturated heterocycles. The first-order valence-corrected chi connectivity index (χ1v) is 26.8. The molecule has 0 aromatic heterocycles. The Balaban J connectivity index is 4.86. The van der Waals surface area contributed by atoms with E-state index in [-0.39, 0.29) is 25.7 Å². The van der Waals surface area contributed by atoms with Crippen molar-refractivity contribution in [1.82, 2.24) is 0 Å². The van der Waals surface area contributed by atoms with Gasteiger partial charge in [-0.1, -0.05) is 156 Å². The number of aliphatic hydroxyl groups is 1. The van der Waals surface area contributed by atoms with Crippen LogP contribution in [0.4, 0.5) is 0 Å². The van der Waals surface area contributed by atoms with Crippen LogP contribution in [0.2, 0.25) is 0 Å². The summed E-state index contributed by atoms with van der Waals surface area (Å²) in [7, 11) is -9.78. The van der Waals surface area contributed by atoms with Crippen LogP contribution in [0, 0.1) is 0 Å². The molecule has 0 aromatic carbocycles. The molecular weight excluding hydrogens is 862 g/mol. The Bertz CT molecular complexity index is 1270. The van der Waals surface area contributed by atoms with Gasteiger partial charge in [-0.15, -0.1) is 0 Å². The molecule has 0 heterocycles. The maximum atomic E-state index is 12.7. The second-order valence-corrected chi connectivity index (χ2v) is 18.9. The van der Waals surface area contributed by atoms with E-state index in [0.29, 0.717) is 19.3 Å². The molecule has 3 N–H and O–H groups in total. The van der Waals surface area contributed by atoms with E-state index in [0.717, 1.165) is 64.2 Å². The van der Waals surface area contributed by atoms with Crippen molar-refractivity contribution in [1.29, 1.82) is 0 Å². The highest BCUT2D eigenvalue weighted by Gasteiger charge is 2.30. The Kier molecular flexibility index (Phi) is 39.1. The maximum absolute atomic E-state index is 12.7. The molecule has 0 aliphatic rings. The SMILES string of the molecule is CCCCCCCCCCCCCCCCCC(=O)O[C@H](COC(=O)CCCCCCC)COP(=O)(O)OC[C@@H](O)COP(=O)(O)OC[C@@H](COC(=O)CCCCC)OC(=O)CC. The van der Waals surface area contributed by atoms with Crippen molar-refractivity contribution in [3.05, 3.63) is 0 Å². The van der Waals surface area contributed by atoms with E-state index >= 15 is 0 Å².